The third-order valence-electron chi connectivity index (χ3n) is 6.86. The van der Waals surface area contributed by atoms with Crippen LogP contribution in [0.5, 0.6) is 0 Å². The van der Waals surface area contributed by atoms with Crippen LogP contribution in [0.1, 0.15) is 34.1 Å². The van der Waals surface area contributed by atoms with E-state index in [1.807, 2.05) is 37.3 Å². The van der Waals surface area contributed by atoms with Crippen molar-refractivity contribution in [1.29, 1.82) is 0 Å². The summed E-state index contributed by atoms with van der Waals surface area (Å²) in [6.45, 7) is 3.62. The van der Waals surface area contributed by atoms with Gasteiger partial charge in [0.15, 0.2) is 10.1 Å². The zero-order valence-corrected chi connectivity index (χ0v) is 24.1. The second kappa shape index (κ2) is 10.7. The standard InChI is InChI=1S/C29H21ClFN5O3S2/c1-15-8-7-13-35-16(2)22(32-26(15)35)24(37)21-23(18-10-4-6-12-20(18)31)36(27(39)25(21)38)28-33-34-29(41-28)40-14-17-9-3-5-11-19(17)30/h3-13,23,37H,14H2,1-2H3/b24-21+. The molecule has 1 atom stereocenters. The monoisotopic (exact) mass is 605 g/mol. The normalized spacial score (nSPS) is 16.7. The largest absolute Gasteiger partial charge is 0.505 e. The first-order valence-corrected chi connectivity index (χ1v) is 14.6. The second-order valence-corrected chi connectivity index (χ2v) is 11.9. The molecule has 5 aromatic rings. The zero-order valence-electron chi connectivity index (χ0n) is 21.7. The van der Waals surface area contributed by atoms with Crippen LogP contribution in [0.4, 0.5) is 9.52 Å². The number of imidazole rings is 1. The summed E-state index contributed by atoms with van der Waals surface area (Å²) in [7, 11) is 0. The van der Waals surface area contributed by atoms with Crippen molar-refractivity contribution < 1.29 is 19.1 Å². The number of anilines is 1. The summed E-state index contributed by atoms with van der Waals surface area (Å²) < 4.78 is 17.6. The molecule has 1 amide bonds. The number of amides is 1. The van der Waals surface area contributed by atoms with E-state index < -0.39 is 29.3 Å². The first kappa shape index (κ1) is 27.1. The van der Waals surface area contributed by atoms with Crippen molar-refractivity contribution >= 4 is 62.9 Å². The molecule has 12 heteroatoms. The predicted molar refractivity (Wildman–Crippen MR) is 157 cm³/mol. The summed E-state index contributed by atoms with van der Waals surface area (Å²) in [6.07, 6.45) is 1.79. The molecular formula is C29H21ClFN5O3S2. The van der Waals surface area contributed by atoms with Gasteiger partial charge in [0.2, 0.25) is 5.13 Å². The Hall–Kier alpha value is -4.06. The number of fused-ring (bicyclic) bond motifs is 1. The summed E-state index contributed by atoms with van der Waals surface area (Å²) in [5.74, 6) is -2.54. The number of carbonyl (C=O) groups is 2. The van der Waals surface area contributed by atoms with Gasteiger partial charge in [-0.05, 0) is 43.2 Å². The average Bonchev–Trinajstić information content (AvgIpc) is 3.64. The van der Waals surface area contributed by atoms with Gasteiger partial charge in [-0.15, -0.1) is 10.2 Å². The number of hydrogen-bond acceptors (Lipinski definition) is 8. The lowest BCUT2D eigenvalue weighted by atomic mass is 9.96. The van der Waals surface area contributed by atoms with Crippen LogP contribution in [0.25, 0.3) is 11.4 Å². The maximum absolute atomic E-state index is 15.3. The van der Waals surface area contributed by atoms with E-state index in [-0.39, 0.29) is 22.0 Å². The van der Waals surface area contributed by atoms with Crippen molar-refractivity contribution in [2.24, 2.45) is 0 Å². The minimum absolute atomic E-state index is 0.0336. The molecule has 1 saturated heterocycles. The Morgan fingerprint density at radius 3 is 2.59 bits per heavy atom. The van der Waals surface area contributed by atoms with Crippen LogP contribution >= 0.6 is 34.7 Å². The van der Waals surface area contributed by atoms with E-state index in [4.69, 9.17) is 11.6 Å². The number of aliphatic hydroxyl groups excluding tert-OH is 1. The van der Waals surface area contributed by atoms with E-state index in [1.54, 1.807) is 29.7 Å². The zero-order chi connectivity index (χ0) is 28.8. The lowest BCUT2D eigenvalue weighted by Gasteiger charge is -2.22. The van der Waals surface area contributed by atoms with Crippen LogP contribution in [0, 0.1) is 19.7 Å². The van der Waals surface area contributed by atoms with Crippen LogP contribution in [0.3, 0.4) is 0 Å². The highest BCUT2D eigenvalue weighted by Gasteiger charge is 2.49. The quantitative estimate of drug-likeness (QED) is 0.0774. The van der Waals surface area contributed by atoms with Crippen molar-refractivity contribution in [2.45, 2.75) is 30.0 Å². The van der Waals surface area contributed by atoms with Gasteiger partial charge >= 0.3 is 5.91 Å². The maximum atomic E-state index is 15.3. The van der Waals surface area contributed by atoms with Gasteiger partial charge in [0.05, 0.1) is 11.3 Å². The topological polar surface area (TPSA) is 101 Å². The van der Waals surface area contributed by atoms with Gasteiger partial charge in [-0.25, -0.2) is 9.37 Å². The van der Waals surface area contributed by atoms with Crippen molar-refractivity contribution in [3.63, 3.8) is 0 Å². The fourth-order valence-corrected chi connectivity index (χ4v) is 6.96. The Morgan fingerprint density at radius 2 is 1.83 bits per heavy atom. The third-order valence-corrected chi connectivity index (χ3v) is 9.34. The number of ketones is 1. The molecule has 8 nitrogen and oxygen atoms in total. The molecule has 0 saturated carbocycles. The van der Waals surface area contributed by atoms with Gasteiger partial charge in [0.1, 0.15) is 23.2 Å². The van der Waals surface area contributed by atoms with E-state index in [2.05, 4.69) is 15.2 Å². The highest BCUT2D eigenvalue weighted by Crippen LogP contribution is 2.45. The molecule has 0 spiro atoms. The van der Waals surface area contributed by atoms with Gasteiger partial charge in [-0.1, -0.05) is 77.2 Å². The molecule has 0 bridgehead atoms. The van der Waals surface area contributed by atoms with E-state index in [1.165, 1.54) is 30.0 Å². The molecule has 1 N–H and O–H groups in total. The number of benzene rings is 2. The smallest absolute Gasteiger partial charge is 0.301 e. The van der Waals surface area contributed by atoms with Crippen LogP contribution < -0.4 is 4.90 Å². The van der Waals surface area contributed by atoms with Gasteiger partial charge in [-0.2, -0.15) is 0 Å². The number of pyridine rings is 1. The minimum Gasteiger partial charge on any atom is -0.505 e. The Labute approximate surface area is 247 Å². The molecule has 4 heterocycles. The Morgan fingerprint density at radius 1 is 1.07 bits per heavy atom. The third kappa shape index (κ3) is 4.69. The molecule has 6 rings (SSSR count). The number of hydrogen-bond donors (Lipinski definition) is 1. The SMILES string of the molecule is Cc1cccn2c(C)c(/C(O)=C3\C(=O)C(=O)N(c4nnc(SCc5ccccc5Cl)s4)C3c3ccccc3F)nc12. The summed E-state index contributed by atoms with van der Waals surface area (Å²) in [5, 5.41) is 20.6. The van der Waals surface area contributed by atoms with Crippen LogP contribution in [-0.4, -0.2) is 36.4 Å². The van der Waals surface area contributed by atoms with E-state index in [0.29, 0.717) is 26.5 Å². The number of carbonyl (C=O) groups excluding carboxylic acids is 2. The number of thioether (sulfide) groups is 1. The first-order valence-electron chi connectivity index (χ1n) is 12.5. The molecule has 1 fully saturated rings. The van der Waals surface area contributed by atoms with E-state index in [9.17, 15) is 14.7 Å². The Balaban J connectivity index is 1.45. The number of aromatic nitrogens is 4. The van der Waals surface area contributed by atoms with Gasteiger partial charge in [0, 0.05) is 22.5 Å². The summed E-state index contributed by atoms with van der Waals surface area (Å²) in [5.41, 5.74) is 2.81. The highest BCUT2D eigenvalue weighted by molar-refractivity contribution is 8.00. The molecule has 0 radical (unpaired) electrons. The Bertz CT molecular complexity index is 1890. The molecular weight excluding hydrogens is 585 g/mol. The summed E-state index contributed by atoms with van der Waals surface area (Å²) in [4.78, 5) is 32.7. The molecule has 1 unspecified atom stereocenters. The maximum Gasteiger partial charge on any atom is 0.301 e. The lowest BCUT2D eigenvalue weighted by Crippen LogP contribution is -2.29. The number of rotatable bonds is 6. The van der Waals surface area contributed by atoms with Crippen molar-refractivity contribution in [3.8, 4) is 0 Å². The number of Topliss-reactive ketones (excluding diaryl/α,β-unsaturated/α-hetero) is 1. The molecule has 3 aromatic heterocycles. The van der Waals surface area contributed by atoms with E-state index in [0.717, 1.165) is 27.4 Å². The van der Waals surface area contributed by atoms with Crippen molar-refractivity contribution in [3.05, 3.63) is 111 Å². The van der Waals surface area contributed by atoms with Crippen LogP contribution in [-0.2, 0) is 15.3 Å². The van der Waals surface area contributed by atoms with Gasteiger partial charge in [0.25, 0.3) is 5.78 Å². The fraction of sp³-hybridized carbons (Fsp3) is 0.138. The lowest BCUT2D eigenvalue weighted by molar-refractivity contribution is -0.132. The number of halogens is 2. The minimum atomic E-state index is -1.28. The van der Waals surface area contributed by atoms with Crippen LogP contribution in [0.15, 0.2) is 76.8 Å². The highest BCUT2D eigenvalue weighted by atomic mass is 35.5. The van der Waals surface area contributed by atoms with Crippen molar-refractivity contribution in [1.82, 2.24) is 19.6 Å². The number of nitrogens with zero attached hydrogens (tertiary/aromatic N) is 5. The van der Waals surface area contributed by atoms with E-state index >= 15 is 4.39 Å². The van der Waals surface area contributed by atoms with Crippen molar-refractivity contribution in [2.75, 3.05) is 4.90 Å². The summed E-state index contributed by atoms with van der Waals surface area (Å²) >= 11 is 8.73. The molecule has 1 aliphatic heterocycles. The van der Waals surface area contributed by atoms with Crippen LogP contribution in [0.2, 0.25) is 5.02 Å². The average molecular weight is 606 g/mol. The first-order chi connectivity index (χ1) is 19.8. The molecule has 41 heavy (non-hydrogen) atoms. The molecule has 1 aliphatic rings. The number of aryl methyl sites for hydroxylation is 2. The fourth-order valence-electron chi connectivity index (χ4n) is 4.81. The molecule has 2 aromatic carbocycles. The Kier molecular flexibility index (Phi) is 7.10. The number of aliphatic hydroxyl groups is 1. The molecule has 0 aliphatic carbocycles. The molecule has 206 valence electrons. The predicted octanol–water partition coefficient (Wildman–Crippen LogP) is 6.51. The summed E-state index contributed by atoms with van der Waals surface area (Å²) in [6, 6.07) is 15.7. The van der Waals surface area contributed by atoms with Gasteiger partial charge < -0.3 is 9.51 Å². The second-order valence-electron chi connectivity index (χ2n) is 9.35. The van der Waals surface area contributed by atoms with Gasteiger partial charge in [-0.3, -0.25) is 14.5 Å².